The minimum Gasteiger partial charge on any atom is -0.352 e. The second kappa shape index (κ2) is 7.04. The summed E-state index contributed by atoms with van der Waals surface area (Å²) < 4.78 is 12.9. The van der Waals surface area contributed by atoms with Crippen molar-refractivity contribution >= 4 is 23.4 Å². The zero-order chi connectivity index (χ0) is 16.1. The van der Waals surface area contributed by atoms with Gasteiger partial charge in [0.25, 0.3) is 11.6 Å². The Balaban J connectivity index is 2.33. The summed E-state index contributed by atoms with van der Waals surface area (Å²) in [7, 11) is 0. The second-order valence-corrected chi connectivity index (χ2v) is 5.47. The zero-order valence-corrected chi connectivity index (χ0v) is 12.5. The molecule has 7 heteroatoms. The van der Waals surface area contributed by atoms with E-state index in [2.05, 4.69) is 5.32 Å². The molecule has 0 unspecified atom stereocenters. The van der Waals surface area contributed by atoms with Crippen LogP contribution >= 0.6 is 11.8 Å². The van der Waals surface area contributed by atoms with Gasteiger partial charge in [-0.05, 0) is 43.3 Å². The van der Waals surface area contributed by atoms with Gasteiger partial charge in [-0.25, -0.2) is 4.39 Å². The molecule has 0 aromatic heterocycles. The first-order chi connectivity index (χ1) is 10.5. The van der Waals surface area contributed by atoms with E-state index in [0.29, 0.717) is 16.3 Å². The third-order valence-electron chi connectivity index (χ3n) is 2.80. The maximum Gasteiger partial charge on any atom is 0.284 e. The molecule has 2 aromatic carbocycles. The van der Waals surface area contributed by atoms with Gasteiger partial charge < -0.3 is 5.32 Å². The van der Waals surface area contributed by atoms with Gasteiger partial charge in [0.05, 0.1) is 9.82 Å². The average molecular weight is 320 g/mol. The van der Waals surface area contributed by atoms with Crippen molar-refractivity contribution in [1.29, 1.82) is 0 Å². The maximum atomic E-state index is 12.9. The summed E-state index contributed by atoms with van der Waals surface area (Å²) in [5, 5.41) is 13.8. The van der Waals surface area contributed by atoms with Crippen molar-refractivity contribution in [2.45, 2.75) is 16.7 Å². The average Bonchev–Trinajstić information content (AvgIpc) is 2.50. The summed E-state index contributed by atoms with van der Waals surface area (Å²) in [5.41, 5.74) is 0.0788. The van der Waals surface area contributed by atoms with Crippen molar-refractivity contribution < 1.29 is 14.1 Å². The van der Waals surface area contributed by atoms with Crippen molar-refractivity contribution in [3.05, 3.63) is 64.0 Å². The first-order valence-electron chi connectivity index (χ1n) is 6.51. The number of nitro benzene ring substituents is 1. The monoisotopic (exact) mass is 320 g/mol. The van der Waals surface area contributed by atoms with E-state index in [4.69, 9.17) is 0 Å². The largest absolute Gasteiger partial charge is 0.352 e. The fourth-order valence-corrected chi connectivity index (χ4v) is 2.68. The van der Waals surface area contributed by atoms with Crippen LogP contribution in [0.1, 0.15) is 17.3 Å². The Kier molecular flexibility index (Phi) is 5.11. The van der Waals surface area contributed by atoms with E-state index in [9.17, 15) is 19.3 Å². The topological polar surface area (TPSA) is 72.2 Å². The van der Waals surface area contributed by atoms with E-state index >= 15 is 0 Å². The van der Waals surface area contributed by atoms with Gasteiger partial charge in [0.1, 0.15) is 5.82 Å². The van der Waals surface area contributed by atoms with Crippen LogP contribution in [0.4, 0.5) is 10.1 Å². The lowest BCUT2D eigenvalue weighted by Gasteiger charge is -2.06. The van der Waals surface area contributed by atoms with Crippen LogP contribution in [-0.2, 0) is 0 Å². The Bertz CT molecular complexity index is 704. The minimum absolute atomic E-state index is 0.155. The van der Waals surface area contributed by atoms with E-state index in [1.54, 1.807) is 19.1 Å². The van der Waals surface area contributed by atoms with Crippen LogP contribution in [0.5, 0.6) is 0 Å². The van der Waals surface area contributed by atoms with Gasteiger partial charge in [0.15, 0.2) is 0 Å². The molecule has 0 aliphatic heterocycles. The predicted octanol–water partition coefficient (Wildman–Crippen LogP) is 3.63. The van der Waals surface area contributed by atoms with Gasteiger partial charge >= 0.3 is 0 Å². The summed E-state index contributed by atoms with van der Waals surface area (Å²) in [6.07, 6.45) is 0. The van der Waals surface area contributed by atoms with Crippen molar-refractivity contribution in [2.75, 3.05) is 6.54 Å². The van der Waals surface area contributed by atoms with Gasteiger partial charge in [-0.15, -0.1) is 0 Å². The highest BCUT2D eigenvalue weighted by Gasteiger charge is 2.18. The SMILES string of the molecule is CCNC(=O)c1ccc(Sc2ccc(F)cc2)c([N+](=O)[O-])c1. The van der Waals surface area contributed by atoms with Gasteiger partial charge in [0.2, 0.25) is 0 Å². The molecule has 1 N–H and O–H groups in total. The lowest BCUT2D eigenvalue weighted by atomic mass is 10.2. The molecule has 0 aliphatic carbocycles. The van der Waals surface area contributed by atoms with Crippen LogP contribution in [0.15, 0.2) is 52.3 Å². The van der Waals surface area contributed by atoms with E-state index in [1.165, 1.54) is 30.3 Å². The predicted molar refractivity (Wildman–Crippen MR) is 81.6 cm³/mol. The van der Waals surface area contributed by atoms with Crippen LogP contribution in [0.3, 0.4) is 0 Å². The molecule has 0 bridgehead atoms. The molecule has 0 atom stereocenters. The molecule has 2 aromatic rings. The highest BCUT2D eigenvalue weighted by Crippen LogP contribution is 2.35. The molecule has 1 amide bonds. The molecule has 0 radical (unpaired) electrons. The van der Waals surface area contributed by atoms with E-state index in [0.717, 1.165) is 11.8 Å². The van der Waals surface area contributed by atoms with Crippen LogP contribution in [0.2, 0.25) is 0 Å². The van der Waals surface area contributed by atoms with Crippen LogP contribution in [0.25, 0.3) is 0 Å². The number of nitrogens with zero attached hydrogens (tertiary/aromatic N) is 1. The molecule has 0 aliphatic rings. The third-order valence-corrected chi connectivity index (χ3v) is 3.87. The molecule has 114 valence electrons. The lowest BCUT2D eigenvalue weighted by molar-refractivity contribution is -0.387. The number of hydrogen-bond acceptors (Lipinski definition) is 4. The number of nitrogens with one attached hydrogen (secondary N) is 1. The van der Waals surface area contributed by atoms with Crippen molar-refractivity contribution in [1.82, 2.24) is 5.32 Å². The third kappa shape index (κ3) is 3.82. The van der Waals surface area contributed by atoms with Crippen molar-refractivity contribution in [2.24, 2.45) is 0 Å². The highest BCUT2D eigenvalue weighted by molar-refractivity contribution is 7.99. The molecular formula is C15H13FN2O3S. The molecule has 0 saturated heterocycles. The summed E-state index contributed by atoms with van der Waals surface area (Å²) in [5.74, 6) is -0.727. The minimum atomic E-state index is -0.533. The number of carbonyl (C=O) groups is 1. The normalized spacial score (nSPS) is 10.3. The van der Waals surface area contributed by atoms with Crippen LogP contribution in [-0.4, -0.2) is 17.4 Å². The fourth-order valence-electron chi connectivity index (χ4n) is 1.78. The Labute approximate surface area is 130 Å². The first kappa shape index (κ1) is 16.0. The van der Waals surface area contributed by atoms with Crippen LogP contribution < -0.4 is 5.32 Å². The lowest BCUT2D eigenvalue weighted by Crippen LogP contribution is -2.22. The molecule has 5 nitrogen and oxygen atoms in total. The number of halogens is 1. The maximum absolute atomic E-state index is 12.9. The second-order valence-electron chi connectivity index (χ2n) is 4.36. The van der Waals surface area contributed by atoms with Crippen LogP contribution in [0, 0.1) is 15.9 Å². The number of nitro groups is 1. The molecule has 0 saturated carbocycles. The molecule has 0 heterocycles. The molecular weight excluding hydrogens is 307 g/mol. The van der Waals surface area contributed by atoms with Gasteiger partial charge in [-0.2, -0.15) is 0 Å². The Morgan fingerprint density at radius 3 is 2.55 bits per heavy atom. The Morgan fingerprint density at radius 1 is 1.27 bits per heavy atom. The molecule has 2 rings (SSSR count). The van der Waals surface area contributed by atoms with Gasteiger partial charge in [0, 0.05) is 23.1 Å². The van der Waals surface area contributed by atoms with Crippen molar-refractivity contribution in [3.8, 4) is 0 Å². The summed E-state index contributed by atoms with van der Waals surface area (Å²) in [6, 6.07) is 9.97. The Morgan fingerprint density at radius 2 is 1.95 bits per heavy atom. The van der Waals surface area contributed by atoms with Gasteiger partial charge in [-0.3, -0.25) is 14.9 Å². The number of rotatable bonds is 5. The number of benzene rings is 2. The molecule has 0 spiro atoms. The highest BCUT2D eigenvalue weighted by atomic mass is 32.2. The zero-order valence-electron chi connectivity index (χ0n) is 11.7. The number of carbonyl (C=O) groups excluding carboxylic acids is 1. The number of hydrogen-bond donors (Lipinski definition) is 1. The standard InChI is InChI=1S/C15H13FN2O3S/c1-2-17-15(19)10-3-8-14(13(9-10)18(20)21)22-12-6-4-11(16)5-7-12/h3-9H,2H2,1H3,(H,17,19). The smallest absolute Gasteiger partial charge is 0.284 e. The van der Waals surface area contributed by atoms with E-state index in [-0.39, 0.29) is 23.0 Å². The summed E-state index contributed by atoms with van der Waals surface area (Å²) >= 11 is 1.14. The molecule has 22 heavy (non-hydrogen) atoms. The quantitative estimate of drug-likeness (QED) is 0.674. The molecule has 0 fully saturated rings. The van der Waals surface area contributed by atoms with Gasteiger partial charge in [-0.1, -0.05) is 11.8 Å². The summed E-state index contributed by atoms with van der Waals surface area (Å²) in [4.78, 5) is 23.5. The number of amides is 1. The first-order valence-corrected chi connectivity index (χ1v) is 7.33. The fraction of sp³-hybridized carbons (Fsp3) is 0.133. The van der Waals surface area contributed by atoms with Crippen molar-refractivity contribution in [3.63, 3.8) is 0 Å². The van der Waals surface area contributed by atoms with E-state index < -0.39 is 4.92 Å². The Hall–Kier alpha value is -2.41. The van der Waals surface area contributed by atoms with E-state index in [1.807, 2.05) is 0 Å². The summed E-state index contributed by atoms with van der Waals surface area (Å²) in [6.45, 7) is 2.21.